The maximum absolute atomic E-state index is 12.6. The Kier molecular flexibility index (Phi) is 3.59. The summed E-state index contributed by atoms with van der Waals surface area (Å²) in [6.45, 7) is 7.69. The molecule has 3 rings (SSSR count). The molecule has 1 N–H and O–H groups in total. The van der Waals surface area contributed by atoms with Gasteiger partial charge in [-0.05, 0) is 38.0 Å². The van der Waals surface area contributed by atoms with Gasteiger partial charge in [0.1, 0.15) is 0 Å². The van der Waals surface area contributed by atoms with E-state index in [0.29, 0.717) is 17.7 Å². The Morgan fingerprint density at radius 2 is 2.00 bits per heavy atom. The number of fused-ring (bicyclic) bond motifs is 1. The highest BCUT2D eigenvalue weighted by Gasteiger charge is 2.50. The molecular formula is C16H28N2O. The molecule has 3 aliphatic rings. The van der Waals surface area contributed by atoms with Crippen molar-refractivity contribution in [2.45, 2.75) is 57.9 Å². The number of nitrogens with zero attached hydrogens (tertiary/aromatic N) is 1. The van der Waals surface area contributed by atoms with Gasteiger partial charge in [-0.25, -0.2) is 0 Å². The van der Waals surface area contributed by atoms with Crippen LogP contribution in [0.15, 0.2) is 0 Å². The molecule has 0 aromatic rings. The number of hydrogen-bond donors (Lipinski definition) is 1. The predicted octanol–water partition coefficient (Wildman–Crippen LogP) is 2.41. The van der Waals surface area contributed by atoms with E-state index in [1.54, 1.807) is 0 Å². The topological polar surface area (TPSA) is 32.3 Å². The van der Waals surface area contributed by atoms with Gasteiger partial charge in [-0.15, -0.1) is 0 Å². The van der Waals surface area contributed by atoms with Crippen LogP contribution < -0.4 is 5.32 Å². The Hall–Kier alpha value is -0.570. The van der Waals surface area contributed by atoms with E-state index in [1.807, 2.05) is 0 Å². The van der Waals surface area contributed by atoms with Gasteiger partial charge in [-0.1, -0.05) is 25.7 Å². The Bertz CT molecular complexity index is 347. The third-order valence-corrected chi connectivity index (χ3v) is 5.90. The first-order valence-electron chi connectivity index (χ1n) is 8.10. The Balaban J connectivity index is 1.57. The molecule has 3 heteroatoms. The lowest BCUT2D eigenvalue weighted by atomic mass is 9.84. The highest BCUT2D eigenvalue weighted by atomic mass is 16.2. The van der Waals surface area contributed by atoms with Crippen LogP contribution in [0.4, 0.5) is 0 Å². The first kappa shape index (κ1) is 13.4. The van der Waals surface area contributed by atoms with Crippen molar-refractivity contribution in [1.29, 1.82) is 0 Å². The van der Waals surface area contributed by atoms with Gasteiger partial charge in [0.25, 0.3) is 0 Å². The van der Waals surface area contributed by atoms with Crippen molar-refractivity contribution in [1.82, 2.24) is 10.2 Å². The summed E-state index contributed by atoms with van der Waals surface area (Å²) in [5, 5.41) is 3.48. The predicted molar refractivity (Wildman–Crippen MR) is 76.8 cm³/mol. The summed E-state index contributed by atoms with van der Waals surface area (Å²) in [5.74, 6) is 2.58. The molecule has 2 aliphatic heterocycles. The maximum atomic E-state index is 12.6. The van der Waals surface area contributed by atoms with E-state index >= 15 is 0 Å². The molecule has 1 amide bonds. The molecule has 1 saturated carbocycles. The lowest BCUT2D eigenvalue weighted by Crippen LogP contribution is -2.47. The van der Waals surface area contributed by atoms with E-state index in [4.69, 9.17) is 0 Å². The first-order valence-corrected chi connectivity index (χ1v) is 8.10. The van der Waals surface area contributed by atoms with Crippen molar-refractivity contribution in [2.75, 3.05) is 19.6 Å². The smallest absolute Gasteiger partial charge is 0.223 e. The number of nitrogens with one attached hydrogen (secondary N) is 1. The first-order chi connectivity index (χ1) is 9.09. The maximum Gasteiger partial charge on any atom is 0.223 e. The molecule has 3 nitrogen and oxygen atoms in total. The van der Waals surface area contributed by atoms with Crippen molar-refractivity contribution in [3.8, 4) is 0 Å². The molecule has 19 heavy (non-hydrogen) atoms. The minimum Gasteiger partial charge on any atom is -0.337 e. The molecule has 2 saturated heterocycles. The average Bonchev–Trinajstić information content (AvgIpc) is 3.06. The summed E-state index contributed by atoms with van der Waals surface area (Å²) >= 11 is 0. The SMILES string of the molecule is CC1(C)C2CNCC2CN1C(=O)CCC1CCCC1. The van der Waals surface area contributed by atoms with Crippen LogP contribution in [0.3, 0.4) is 0 Å². The highest BCUT2D eigenvalue weighted by molar-refractivity contribution is 5.77. The monoisotopic (exact) mass is 264 g/mol. The molecular weight excluding hydrogens is 236 g/mol. The summed E-state index contributed by atoms with van der Waals surface area (Å²) in [6.07, 6.45) is 7.37. The van der Waals surface area contributed by atoms with Crippen LogP contribution in [0.1, 0.15) is 52.4 Å². The summed E-state index contributed by atoms with van der Waals surface area (Å²) in [5.41, 5.74) is 0.0565. The Morgan fingerprint density at radius 1 is 1.26 bits per heavy atom. The summed E-state index contributed by atoms with van der Waals surface area (Å²) in [6, 6.07) is 0. The lowest BCUT2D eigenvalue weighted by Gasteiger charge is -2.36. The van der Waals surface area contributed by atoms with Crippen molar-refractivity contribution < 1.29 is 4.79 Å². The van der Waals surface area contributed by atoms with Crippen LogP contribution in [0.5, 0.6) is 0 Å². The quantitative estimate of drug-likeness (QED) is 0.849. The van der Waals surface area contributed by atoms with Crippen molar-refractivity contribution in [3.05, 3.63) is 0 Å². The number of amides is 1. The standard InChI is InChI=1S/C16H28N2O/c1-16(2)14-10-17-9-13(14)11-18(16)15(19)8-7-12-5-3-4-6-12/h12-14,17H,3-11H2,1-2H3. The Labute approximate surface area is 117 Å². The fraction of sp³-hybridized carbons (Fsp3) is 0.938. The third-order valence-electron chi connectivity index (χ3n) is 5.90. The number of likely N-dealkylation sites (tertiary alicyclic amines) is 1. The van der Waals surface area contributed by atoms with Gasteiger partial charge in [-0.2, -0.15) is 0 Å². The number of rotatable bonds is 3. The summed E-state index contributed by atoms with van der Waals surface area (Å²) in [4.78, 5) is 14.7. The number of carbonyl (C=O) groups excluding carboxylic acids is 1. The van der Waals surface area contributed by atoms with Crippen molar-refractivity contribution >= 4 is 5.91 Å². The van der Waals surface area contributed by atoms with E-state index in [9.17, 15) is 4.79 Å². The van der Waals surface area contributed by atoms with Gasteiger partial charge in [0.2, 0.25) is 5.91 Å². The van der Waals surface area contributed by atoms with E-state index in [0.717, 1.165) is 38.4 Å². The average molecular weight is 264 g/mol. The number of hydrogen-bond acceptors (Lipinski definition) is 2. The second-order valence-electron chi connectivity index (χ2n) is 7.37. The zero-order valence-corrected chi connectivity index (χ0v) is 12.5. The molecule has 0 spiro atoms. The van der Waals surface area contributed by atoms with E-state index in [1.165, 1.54) is 25.7 Å². The molecule has 2 unspecified atom stereocenters. The van der Waals surface area contributed by atoms with Gasteiger partial charge >= 0.3 is 0 Å². The Morgan fingerprint density at radius 3 is 2.68 bits per heavy atom. The fourth-order valence-corrected chi connectivity index (χ4v) is 4.61. The largest absolute Gasteiger partial charge is 0.337 e. The molecule has 2 atom stereocenters. The number of carbonyl (C=O) groups is 1. The fourth-order valence-electron chi connectivity index (χ4n) is 4.61. The summed E-state index contributed by atoms with van der Waals surface area (Å²) in [7, 11) is 0. The second-order valence-corrected chi connectivity index (χ2v) is 7.37. The molecule has 2 heterocycles. The van der Waals surface area contributed by atoms with Gasteiger partial charge < -0.3 is 10.2 Å². The molecule has 0 radical (unpaired) electrons. The van der Waals surface area contributed by atoms with Gasteiger partial charge in [0, 0.05) is 31.6 Å². The van der Waals surface area contributed by atoms with Crippen LogP contribution >= 0.6 is 0 Å². The van der Waals surface area contributed by atoms with Crippen LogP contribution in [0.25, 0.3) is 0 Å². The molecule has 1 aliphatic carbocycles. The van der Waals surface area contributed by atoms with E-state index in [2.05, 4.69) is 24.1 Å². The highest BCUT2D eigenvalue weighted by Crippen LogP contribution is 2.41. The van der Waals surface area contributed by atoms with Crippen LogP contribution in [-0.2, 0) is 4.79 Å². The van der Waals surface area contributed by atoms with Gasteiger partial charge in [0.05, 0.1) is 0 Å². The van der Waals surface area contributed by atoms with Crippen molar-refractivity contribution in [2.24, 2.45) is 17.8 Å². The van der Waals surface area contributed by atoms with Gasteiger partial charge in [-0.3, -0.25) is 4.79 Å². The minimum atomic E-state index is 0.0565. The normalized spacial score (nSPS) is 33.9. The van der Waals surface area contributed by atoms with E-state index in [-0.39, 0.29) is 5.54 Å². The molecule has 3 fully saturated rings. The molecule has 0 aromatic heterocycles. The van der Waals surface area contributed by atoms with Crippen LogP contribution in [-0.4, -0.2) is 36.0 Å². The zero-order valence-electron chi connectivity index (χ0n) is 12.5. The van der Waals surface area contributed by atoms with E-state index < -0.39 is 0 Å². The second kappa shape index (κ2) is 5.08. The molecule has 108 valence electrons. The zero-order chi connectivity index (χ0) is 13.5. The summed E-state index contributed by atoms with van der Waals surface area (Å²) < 4.78 is 0. The van der Waals surface area contributed by atoms with Gasteiger partial charge in [0.15, 0.2) is 0 Å². The van der Waals surface area contributed by atoms with Crippen molar-refractivity contribution in [3.63, 3.8) is 0 Å². The minimum absolute atomic E-state index is 0.0565. The molecule has 0 bridgehead atoms. The molecule has 0 aromatic carbocycles. The third kappa shape index (κ3) is 2.42. The lowest BCUT2D eigenvalue weighted by molar-refractivity contribution is -0.135. The van der Waals surface area contributed by atoms with Crippen LogP contribution in [0.2, 0.25) is 0 Å². The van der Waals surface area contributed by atoms with Crippen LogP contribution in [0, 0.1) is 17.8 Å².